The minimum Gasteiger partial charge on any atom is -0.490 e. The molecule has 2 aromatic rings. The van der Waals surface area contributed by atoms with E-state index in [2.05, 4.69) is 15.3 Å². The molecular formula is C18H22ClN5O4. The molecule has 9 nitrogen and oxygen atoms in total. The Labute approximate surface area is 167 Å². The fraction of sp³-hybridized carbons (Fsp3) is 0.444. The highest BCUT2D eigenvalue weighted by Gasteiger charge is 2.31. The lowest BCUT2D eigenvalue weighted by atomic mass is 10.2. The number of nitrogens with one attached hydrogen (secondary N) is 1. The average Bonchev–Trinajstić information content (AvgIpc) is 2.65. The lowest BCUT2D eigenvalue weighted by Gasteiger charge is -2.35. The summed E-state index contributed by atoms with van der Waals surface area (Å²) in [7, 11) is 0. The molecule has 0 bridgehead atoms. The molecule has 1 aliphatic heterocycles. The summed E-state index contributed by atoms with van der Waals surface area (Å²) in [4.78, 5) is 21.4. The van der Waals surface area contributed by atoms with Gasteiger partial charge in [-0.05, 0) is 26.0 Å². The van der Waals surface area contributed by atoms with Crippen LogP contribution in [0.25, 0.3) is 0 Å². The third-order valence-corrected chi connectivity index (χ3v) is 4.51. The van der Waals surface area contributed by atoms with E-state index >= 15 is 0 Å². The first kappa shape index (κ1) is 20.1. The van der Waals surface area contributed by atoms with Crippen LogP contribution in [0.1, 0.15) is 13.8 Å². The molecule has 0 amide bonds. The van der Waals surface area contributed by atoms with Crippen LogP contribution in [0, 0.1) is 10.1 Å². The zero-order chi connectivity index (χ0) is 20.1. The molecule has 10 heteroatoms. The molecule has 1 fully saturated rings. The summed E-state index contributed by atoms with van der Waals surface area (Å²) in [5.41, 5.74) is -0.151. The molecule has 1 aromatic heterocycles. The van der Waals surface area contributed by atoms with Gasteiger partial charge in [0.05, 0.1) is 28.7 Å². The van der Waals surface area contributed by atoms with Crippen LogP contribution in [0.2, 0.25) is 5.02 Å². The van der Waals surface area contributed by atoms with Gasteiger partial charge in [0.25, 0.3) is 0 Å². The van der Waals surface area contributed by atoms with Gasteiger partial charge >= 0.3 is 5.69 Å². The monoisotopic (exact) mass is 407 g/mol. The summed E-state index contributed by atoms with van der Waals surface area (Å²) < 4.78 is 11.3. The first-order valence-electron chi connectivity index (χ1n) is 8.96. The van der Waals surface area contributed by atoms with Crippen LogP contribution >= 0.6 is 11.6 Å². The number of rotatable bonds is 7. The number of nitrogens with zero attached hydrogens (tertiary/aromatic N) is 4. The molecule has 28 heavy (non-hydrogen) atoms. The summed E-state index contributed by atoms with van der Waals surface area (Å²) in [6.07, 6.45) is 1.24. The normalized spacial score (nSPS) is 19.3. The molecule has 1 aromatic carbocycles. The van der Waals surface area contributed by atoms with Crippen molar-refractivity contribution in [2.75, 3.05) is 36.5 Å². The fourth-order valence-corrected chi connectivity index (χ4v) is 3.33. The van der Waals surface area contributed by atoms with E-state index in [9.17, 15) is 10.1 Å². The van der Waals surface area contributed by atoms with Gasteiger partial charge in [0.15, 0.2) is 0 Å². The Morgan fingerprint density at radius 2 is 2.04 bits per heavy atom. The Kier molecular flexibility index (Phi) is 6.48. The SMILES string of the molecule is CC1CN(c2ncnc(NCCOc3ccccc3Cl)c2[N+](=O)[O-])CC(C)O1. The Morgan fingerprint density at radius 1 is 1.32 bits per heavy atom. The molecule has 0 spiro atoms. The molecule has 1 N–H and O–H groups in total. The van der Waals surface area contributed by atoms with Crippen LogP contribution in [0.15, 0.2) is 30.6 Å². The van der Waals surface area contributed by atoms with Crippen LogP contribution in [0.5, 0.6) is 5.75 Å². The molecule has 2 heterocycles. The second-order valence-electron chi connectivity index (χ2n) is 6.52. The minimum atomic E-state index is -0.461. The number of morpholine rings is 1. The number of ether oxygens (including phenoxy) is 2. The van der Waals surface area contributed by atoms with Gasteiger partial charge < -0.3 is 19.7 Å². The van der Waals surface area contributed by atoms with Crippen molar-refractivity contribution < 1.29 is 14.4 Å². The highest BCUT2D eigenvalue weighted by Crippen LogP contribution is 2.33. The second kappa shape index (κ2) is 9.03. The third kappa shape index (κ3) is 4.79. The molecular weight excluding hydrogens is 386 g/mol. The number of benzene rings is 1. The average molecular weight is 408 g/mol. The summed E-state index contributed by atoms with van der Waals surface area (Å²) in [6.45, 7) is 5.50. The van der Waals surface area contributed by atoms with Gasteiger partial charge in [-0.1, -0.05) is 23.7 Å². The van der Waals surface area contributed by atoms with Crippen LogP contribution in [-0.4, -0.2) is 53.3 Å². The van der Waals surface area contributed by atoms with Gasteiger partial charge in [0, 0.05) is 13.1 Å². The summed E-state index contributed by atoms with van der Waals surface area (Å²) in [5, 5.41) is 15.2. The van der Waals surface area contributed by atoms with E-state index in [1.54, 1.807) is 12.1 Å². The molecule has 0 aliphatic carbocycles. The van der Waals surface area contributed by atoms with Gasteiger partial charge in [-0.15, -0.1) is 0 Å². The fourth-order valence-electron chi connectivity index (χ4n) is 3.14. The maximum atomic E-state index is 11.7. The van der Waals surface area contributed by atoms with Crippen LogP contribution in [0.4, 0.5) is 17.3 Å². The van der Waals surface area contributed by atoms with Crippen molar-refractivity contribution in [3.8, 4) is 5.75 Å². The van der Waals surface area contributed by atoms with Gasteiger partial charge in [0.2, 0.25) is 11.6 Å². The summed E-state index contributed by atoms with van der Waals surface area (Å²) in [6, 6.07) is 7.12. The molecule has 0 radical (unpaired) electrons. The number of hydrogen-bond acceptors (Lipinski definition) is 8. The highest BCUT2D eigenvalue weighted by molar-refractivity contribution is 6.32. The Morgan fingerprint density at radius 3 is 2.71 bits per heavy atom. The Hall–Kier alpha value is -2.65. The third-order valence-electron chi connectivity index (χ3n) is 4.19. The molecule has 150 valence electrons. The zero-order valence-electron chi connectivity index (χ0n) is 15.7. The second-order valence-corrected chi connectivity index (χ2v) is 6.93. The van der Waals surface area contributed by atoms with Crippen molar-refractivity contribution in [2.45, 2.75) is 26.1 Å². The van der Waals surface area contributed by atoms with Crippen LogP contribution in [0.3, 0.4) is 0 Å². The Bertz CT molecular complexity index is 827. The molecule has 2 atom stereocenters. The van der Waals surface area contributed by atoms with Crippen molar-refractivity contribution in [1.29, 1.82) is 0 Å². The quantitative estimate of drug-likeness (QED) is 0.424. The van der Waals surface area contributed by atoms with Crippen molar-refractivity contribution >= 4 is 28.9 Å². The predicted molar refractivity (Wildman–Crippen MR) is 106 cm³/mol. The smallest absolute Gasteiger partial charge is 0.353 e. The lowest BCUT2D eigenvalue weighted by molar-refractivity contribution is -0.383. The van der Waals surface area contributed by atoms with E-state index in [0.29, 0.717) is 30.4 Å². The first-order chi connectivity index (χ1) is 13.5. The minimum absolute atomic E-state index is 0.0428. The van der Waals surface area contributed by atoms with E-state index in [4.69, 9.17) is 21.1 Å². The van der Waals surface area contributed by atoms with Crippen LogP contribution in [-0.2, 0) is 4.74 Å². The molecule has 1 saturated heterocycles. The van der Waals surface area contributed by atoms with Crippen molar-refractivity contribution in [1.82, 2.24) is 9.97 Å². The topological polar surface area (TPSA) is 103 Å². The van der Waals surface area contributed by atoms with Crippen molar-refractivity contribution in [3.63, 3.8) is 0 Å². The number of hydrogen-bond donors (Lipinski definition) is 1. The number of nitro groups is 1. The molecule has 1 aliphatic rings. The van der Waals surface area contributed by atoms with Crippen LogP contribution < -0.4 is 15.0 Å². The number of para-hydroxylation sites is 1. The van der Waals surface area contributed by atoms with E-state index in [0.717, 1.165) is 0 Å². The van der Waals surface area contributed by atoms with Gasteiger partial charge in [-0.2, -0.15) is 0 Å². The standard InChI is InChI=1S/C18H22ClN5O4/c1-12-9-23(10-13(2)28-12)18-16(24(25)26)17(21-11-22-18)20-7-8-27-15-6-4-3-5-14(15)19/h3-6,11-13H,7-10H2,1-2H3,(H,20,21,22). The number of halogens is 1. The van der Waals surface area contributed by atoms with E-state index in [1.807, 2.05) is 30.9 Å². The predicted octanol–water partition coefficient (Wildman–Crippen LogP) is 3.14. The lowest BCUT2D eigenvalue weighted by Crippen LogP contribution is -2.46. The van der Waals surface area contributed by atoms with E-state index in [-0.39, 0.29) is 36.1 Å². The maximum absolute atomic E-state index is 11.7. The van der Waals surface area contributed by atoms with Gasteiger partial charge in [-0.25, -0.2) is 9.97 Å². The molecule has 2 unspecified atom stereocenters. The number of aromatic nitrogens is 2. The largest absolute Gasteiger partial charge is 0.490 e. The first-order valence-corrected chi connectivity index (χ1v) is 9.34. The van der Waals surface area contributed by atoms with E-state index in [1.165, 1.54) is 6.33 Å². The van der Waals surface area contributed by atoms with Crippen molar-refractivity contribution in [2.24, 2.45) is 0 Å². The summed E-state index contributed by atoms with van der Waals surface area (Å²) in [5.74, 6) is 1.00. The Balaban J connectivity index is 1.71. The zero-order valence-corrected chi connectivity index (χ0v) is 16.4. The maximum Gasteiger partial charge on any atom is 0.353 e. The van der Waals surface area contributed by atoms with Gasteiger partial charge in [0.1, 0.15) is 18.7 Å². The number of anilines is 2. The van der Waals surface area contributed by atoms with E-state index < -0.39 is 4.92 Å². The van der Waals surface area contributed by atoms with Gasteiger partial charge in [-0.3, -0.25) is 10.1 Å². The highest BCUT2D eigenvalue weighted by atomic mass is 35.5. The molecule has 0 saturated carbocycles. The van der Waals surface area contributed by atoms with Crippen molar-refractivity contribution in [3.05, 3.63) is 45.7 Å². The summed E-state index contributed by atoms with van der Waals surface area (Å²) >= 11 is 6.05. The molecule has 3 rings (SSSR count).